The summed E-state index contributed by atoms with van der Waals surface area (Å²) in [5.74, 6) is -1.43. The van der Waals surface area contributed by atoms with Gasteiger partial charge in [0.15, 0.2) is 0 Å². The molecule has 0 radical (unpaired) electrons. The first-order valence-electron chi connectivity index (χ1n) is 7.73. The minimum atomic E-state index is -3.16. The molecule has 3 unspecified atom stereocenters. The molecule has 0 spiro atoms. The van der Waals surface area contributed by atoms with E-state index in [1.54, 1.807) is 0 Å². The lowest BCUT2D eigenvalue weighted by Crippen LogP contribution is -2.38. The smallest absolute Gasteiger partial charge is 0.306 e. The third-order valence-electron chi connectivity index (χ3n) is 4.68. The van der Waals surface area contributed by atoms with Crippen molar-refractivity contribution in [2.75, 3.05) is 25.9 Å². The zero-order chi connectivity index (χ0) is 16.3. The highest BCUT2D eigenvalue weighted by molar-refractivity contribution is 7.88. The first kappa shape index (κ1) is 17.2. The van der Waals surface area contributed by atoms with Gasteiger partial charge in [0.1, 0.15) is 0 Å². The maximum Gasteiger partial charge on any atom is 0.306 e. The van der Waals surface area contributed by atoms with Gasteiger partial charge in [-0.1, -0.05) is 6.42 Å². The molecule has 0 bridgehead atoms. The normalized spacial score (nSPS) is 30.1. The number of hydrogen-bond acceptors (Lipinski definition) is 4. The van der Waals surface area contributed by atoms with Crippen molar-refractivity contribution in [3.05, 3.63) is 0 Å². The van der Waals surface area contributed by atoms with Crippen molar-refractivity contribution in [1.29, 1.82) is 0 Å². The zero-order valence-corrected chi connectivity index (χ0v) is 13.6. The van der Waals surface area contributed by atoms with Crippen molar-refractivity contribution in [3.63, 3.8) is 0 Å². The summed E-state index contributed by atoms with van der Waals surface area (Å²) in [5, 5.41) is 11.9. The topological polar surface area (TPSA) is 104 Å². The Labute approximate surface area is 131 Å². The van der Waals surface area contributed by atoms with Gasteiger partial charge in [-0.05, 0) is 31.6 Å². The first-order valence-corrected chi connectivity index (χ1v) is 9.58. The number of carbonyl (C=O) groups is 2. The van der Waals surface area contributed by atoms with Crippen molar-refractivity contribution in [3.8, 4) is 0 Å². The Morgan fingerprint density at radius 2 is 1.91 bits per heavy atom. The second kappa shape index (κ2) is 6.95. The third-order valence-corrected chi connectivity index (χ3v) is 5.95. The van der Waals surface area contributed by atoms with E-state index in [0.717, 1.165) is 19.3 Å². The summed E-state index contributed by atoms with van der Waals surface area (Å²) in [6, 6.07) is 0. The van der Waals surface area contributed by atoms with Crippen LogP contribution in [0.15, 0.2) is 0 Å². The molecule has 22 heavy (non-hydrogen) atoms. The largest absolute Gasteiger partial charge is 0.481 e. The molecule has 3 atom stereocenters. The molecule has 7 nitrogen and oxygen atoms in total. The Bertz CT molecular complexity index is 533. The number of carboxylic acids is 1. The molecule has 8 heteroatoms. The highest BCUT2D eigenvalue weighted by atomic mass is 32.2. The Hall–Kier alpha value is -1.15. The standard InChI is InChI=1S/C14H24N2O5S/c1-22(20,21)16-6-5-10(9-16)8-15-13(17)11-3-2-4-12(7-11)14(18)19/h10-12H,2-9H2,1H3,(H,15,17)(H,18,19). The number of amides is 1. The van der Waals surface area contributed by atoms with Gasteiger partial charge in [0.05, 0.1) is 12.2 Å². The van der Waals surface area contributed by atoms with E-state index < -0.39 is 21.9 Å². The van der Waals surface area contributed by atoms with Crippen molar-refractivity contribution >= 4 is 21.9 Å². The maximum absolute atomic E-state index is 12.2. The molecule has 2 fully saturated rings. The van der Waals surface area contributed by atoms with Gasteiger partial charge >= 0.3 is 5.97 Å². The monoisotopic (exact) mass is 332 g/mol. The Morgan fingerprint density at radius 1 is 1.23 bits per heavy atom. The summed E-state index contributed by atoms with van der Waals surface area (Å²) in [7, 11) is -3.16. The molecule has 1 aliphatic carbocycles. The lowest BCUT2D eigenvalue weighted by atomic mass is 9.81. The summed E-state index contributed by atoms with van der Waals surface area (Å²) < 4.78 is 24.3. The predicted molar refractivity (Wildman–Crippen MR) is 80.6 cm³/mol. The van der Waals surface area contributed by atoms with Crippen LogP contribution in [0.3, 0.4) is 0 Å². The molecular formula is C14H24N2O5S. The molecule has 2 N–H and O–H groups in total. The molecule has 0 aromatic carbocycles. The van der Waals surface area contributed by atoms with E-state index >= 15 is 0 Å². The molecule has 0 aromatic heterocycles. The van der Waals surface area contributed by atoms with Gasteiger partial charge in [-0.2, -0.15) is 0 Å². The quantitative estimate of drug-likeness (QED) is 0.752. The van der Waals surface area contributed by atoms with E-state index in [2.05, 4.69) is 5.32 Å². The molecule has 126 valence electrons. The SMILES string of the molecule is CS(=O)(=O)N1CCC(CNC(=O)C2CCCC(C(=O)O)C2)C1. The second-order valence-electron chi connectivity index (χ2n) is 6.42. The highest BCUT2D eigenvalue weighted by Gasteiger charge is 2.32. The van der Waals surface area contributed by atoms with Crippen LogP contribution in [-0.4, -0.2) is 55.6 Å². The molecule has 1 saturated heterocycles. The van der Waals surface area contributed by atoms with Crippen molar-refractivity contribution < 1.29 is 23.1 Å². The second-order valence-corrected chi connectivity index (χ2v) is 8.40. The molecule has 1 amide bonds. The van der Waals surface area contributed by atoms with E-state index in [9.17, 15) is 18.0 Å². The summed E-state index contributed by atoms with van der Waals surface area (Å²) in [5.41, 5.74) is 0. The van der Waals surface area contributed by atoms with E-state index in [1.807, 2.05) is 0 Å². The van der Waals surface area contributed by atoms with Gasteiger partial charge in [0.2, 0.25) is 15.9 Å². The highest BCUT2D eigenvalue weighted by Crippen LogP contribution is 2.29. The van der Waals surface area contributed by atoms with Gasteiger partial charge in [0, 0.05) is 25.6 Å². The van der Waals surface area contributed by atoms with Crippen molar-refractivity contribution in [1.82, 2.24) is 9.62 Å². The molecule has 1 aliphatic heterocycles. The molecule has 1 saturated carbocycles. The fourth-order valence-corrected chi connectivity index (χ4v) is 4.23. The van der Waals surface area contributed by atoms with Gasteiger partial charge in [0.25, 0.3) is 0 Å². The van der Waals surface area contributed by atoms with Crippen LogP contribution < -0.4 is 5.32 Å². The Morgan fingerprint density at radius 3 is 2.50 bits per heavy atom. The van der Waals surface area contributed by atoms with Gasteiger partial charge in [-0.3, -0.25) is 9.59 Å². The fraction of sp³-hybridized carbons (Fsp3) is 0.857. The fourth-order valence-electron chi connectivity index (χ4n) is 3.31. The van der Waals surface area contributed by atoms with Gasteiger partial charge in [-0.25, -0.2) is 12.7 Å². The van der Waals surface area contributed by atoms with Gasteiger partial charge in [-0.15, -0.1) is 0 Å². The number of carbonyl (C=O) groups excluding carboxylic acids is 1. The number of carboxylic acid groups (broad SMARTS) is 1. The number of nitrogens with zero attached hydrogens (tertiary/aromatic N) is 1. The number of nitrogens with one attached hydrogen (secondary N) is 1. The minimum absolute atomic E-state index is 0.0937. The molecule has 2 aliphatic rings. The van der Waals surface area contributed by atoms with Crippen molar-refractivity contribution in [2.24, 2.45) is 17.8 Å². The van der Waals surface area contributed by atoms with E-state index in [4.69, 9.17) is 5.11 Å². The average Bonchev–Trinajstić information content (AvgIpc) is 2.94. The Balaban J connectivity index is 1.77. The maximum atomic E-state index is 12.2. The van der Waals surface area contributed by atoms with Gasteiger partial charge < -0.3 is 10.4 Å². The first-order chi connectivity index (χ1) is 10.3. The van der Waals surface area contributed by atoms with E-state index in [0.29, 0.717) is 32.5 Å². The number of aliphatic carboxylic acids is 1. The summed E-state index contributed by atoms with van der Waals surface area (Å²) in [6.45, 7) is 1.41. The molecule has 0 aromatic rings. The summed E-state index contributed by atoms with van der Waals surface area (Å²) >= 11 is 0. The molecule has 1 heterocycles. The van der Waals surface area contributed by atoms with Crippen LogP contribution >= 0.6 is 0 Å². The van der Waals surface area contributed by atoms with Crippen LogP contribution in [0, 0.1) is 17.8 Å². The van der Waals surface area contributed by atoms with Crippen LogP contribution in [0.5, 0.6) is 0 Å². The Kier molecular flexibility index (Phi) is 5.44. The third kappa shape index (κ3) is 4.42. The number of hydrogen-bond donors (Lipinski definition) is 2. The van der Waals surface area contributed by atoms with Crippen molar-refractivity contribution in [2.45, 2.75) is 32.1 Å². The summed E-state index contributed by atoms with van der Waals surface area (Å²) in [4.78, 5) is 23.2. The number of sulfonamides is 1. The van der Waals surface area contributed by atoms with E-state index in [-0.39, 0.29) is 17.7 Å². The predicted octanol–water partition coefficient (Wildman–Crippen LogP) is 0.275. The van der Waals surface area contributed by atoms with Crippen LogP contribution in [0.2, 0.25) is 0 Å². The average molecular weight is 332 g/mol. The molecule has 2 rings (SSSR count). The van der Waals surface area contributed by atoms with Crippen LogP contribution in [-0.2, 0) is 19.6 Å². The van der Waals surface area contributed by atoms with Crippen LogP contribution in [0.1, 0.15) is 32.1 Å². The summed E-state index contributed by atoms with van der Waals surface area (Å²) in [6.07, 6.45) is 4.49. The lowest BCUT2D eigenvalue weighted by Gasteiger charge is -2.26. The lowest BCUT2D eigenvalue weighted by molar-refractivity contribution is -0.144. The van der Waals surface area contributed by atoms with Crippen LogP contribution in [0.4, 0.5) is 0 Å². The number of rotatable bonds is 5. The minimum Gasteiger partial charge on any atom is -0.481 e. The van der Waals surface area contributed by atoms with E-state index in [1.165, 1.54) is 10.6 Å². The van der Waals surface area contributed by atoms with Crippen LogP contribution in [0.25, 0.3) is 0 Å². The molecular weight excluding hydrogens is 308 g/mol. The zero-order valence-electron chi connectivity index (χ0n) is 12.8.